The largest absolute Gasteiger partial charge is 0.384 e. The minimum Gasteiger partial charge on any atom is -0.384 e. The summed E-state index contributed by atoms with van der Waals surface area (Å²) in [5, 5.41) is 12.2. The number of nitrogens with two attached hydrogens (primary N) is 1. The highest BCUT2D eigenvalue weighted by Gasteiger charge is 2.52. The Hall–Kier alpha value is -1.18. The van der Waals surface area contributed by atoms with Gasteiger partial charge in [-0.1, -0.05) is 0 Å². The van der Waals surface area contributed by atoms with Gasteiger partial charge in [0, 0.05) is 38.3 Å². The second-order valence-corrected chi connectivity index (χ2v) is 7.48. The average Bonchev–Trinajstić information content (AvgIpc) is 3.05. The fourth-order valence-corrected chi connectivity index (χ4v) is 4.52. The van der Waals surface area contributed by atoms with Crippen molar-refractivity contribution in [2.24, 2.45) is 5.73 Å². The van der Waals surface area contributed by atoms with Crippen LogP contribution >= 0.6 is 0 Å². The van der Waals surface area contributed by atoms with Gasteiger partial charge in [0.05, 0.1) is 0 Å². The number of aliphatic hydroxyl groups excluding tert-OH is 1. The minimum atomic E-state index is -0.963. The van der Waals surface area contributed by atoms with E-state index >= 15 is 0 Å². The van der Waals surface area contributed by atoms with E-state index in [4.69, 9.17) is 5.73 Å². The number of hydrogen-bond acceptors (Lipinski definition) is 5. The average molecular weight is 337 g/mol. The number of carbonyl (C=O) groups is 2. The van der Waals surface area contributed by atoms with Crippen molar-refractivity contribution >= 4 is 11.8 Å². The monoisotopic (exact) mass is 337 g/mol. The number of fused-ring (bicyclic) bond motifs is 2. The summed E-state index contributed by atoms with van der Waals surface area (Å²) in [6, 6.07) is 0.545. The van der Waals surface area contributed by atoms with Crippen LogP contribution in [0.25, 0.3) is 0 Å². The smallest absolute Gasteiger partial charge is 0.248 e. The molecule has 3 fully saturated rings. The molecule has 2 amide bonds. The molecule has 1 radical (unpaired) electrons. The van der Waals surface area contributed by atoms with E-state index < -0.39 is 11.6 Å². The number of aliphatic hydroxyl groups is 1. The summed E-state index contributed by atoms with van der Waals surface area (Å²) in [7, 11) is 0. The van der Waals surface area contributed by atoms with Crippen LogP contribution in [0.4, 0.5) is 0 Å². The third-order valence-electron chi connectivity index (χ3n) is 5.92. The molecule has 0 saturated carbocycles. The van der Waals surface area contributed by atoms with Gasteiger partial charge in [0.15, 0.2) is 0 Å². The lowest BCUT2D eigenvalue weighted by Crippen LogP contribution is -2.59. The van der Waals surface area contributed by atoms with Crippen molar-refractivity contribution < 1.29 is 14.7 Å². The molecule has 0 aromatic heterocycles. The first-order valence-corrected chi connectivity index (χ1v) is 9.01. The molecule has 7 nitrogen and oxygen atoms in total. The molecule has 4 N–H and O–H groups in total. The molecule has 1 unspecified atom stereocenters. The molecule has 7 heteroatoms. The maximum atomic E-state index is 12.1. The lowest BCUT2D eigenvalue weighted by molar-refractivity contribution is -0.131. The van der Waals surface area contributed by atoms with Crippen LogP contribution in [0.15, 0.2) is 0 Å². The molecule has 0 aromatic rings. The van der Waals surface area contributed by atoms with Gasteiger partial charge >= 0.3 is 0 Å². The molecule has 4 atom stereocenters. The normalized spacial score (nSPS) is 35.1. The van der Waals surface area contributed by atoms with Gasteiger partial charge in [-0.3, -0.25) is 19.4 Å². The minimum absolute atomic E-state index is 0.101. The molecule has 0 aliphatic carbocycles. The van der Waals surface area contributed by atoms with E-state index in [2.05, 4.69) is 21.5 Å². The molecule has 3 heterocycles. The van der Waals surface area contributed by atoms with Crippen molar-refractivity contribution in [3.05, 3.63) is 6.42 Å². The molecule has 3 aliphatic rings. The zero-order valence-corrected chi connectivity index (χ0v) is 14.4. The molecule has 3 saturated heterocycles. The second-order valence-electron chi connectivity index (χ2n) is 7.48. The van der Waals surface area contributed by atoms with Crippen LogP contribution in [-0.4, -0.2) is 76.6 Å². The van der Waals surface area contributed by atoms with Crippen molar-refractivity contribution in [2.75, 3.05) is 26.2 Å². The highest BCUT2D eigenvalue weighted by molar-refractivity contribution is 5.85. The fraction of sp³-hybridized carbons (Fsp3) is 0.824. The molecule has 2 bridgehead atoms. The van der Waals surface area contributed by atoms with Gasteiger partial charge in [0.1, 0.15) is 11.6 Å². The van der Waals surface area contributed by atoms with Gasteiger partial charge < -0.3 is 16.2 Å². The van der Waals surface area contributed by atoms with Crippen molar-refractivity contribution in [1.29, 1.82) is 0 Å². The summed E-state index contributed by atoms with van der Waals surface area (Å²) in [4.78, 5) is 28.3. The maximum absolute atomic E-state index is 12.1. The first-order valence-electron chi connectivity index (χ1n) is 9.01. The third kappa shape index (κ3) is 3.30. The van der Waals surface area contributed by atoms with Gasteiger partial charge in [-0.05, 0) is 45.4 Å². The van der Waals surface area contributed by atoms with E-state index in [1.165, 1.54) is 6.92 Å². The SMILES string of the molecule is C[C@H](O)C(=O)NC1CCN(CCN2[C@@H]3C[CH]C[C@@]2(C(N)=O)CC3)C1. The zero-order valence-electron chi connectivity index (χ0n) is 14.4. The fourth-order valence-electron chi connectivity index (χ4n) is 4.52. The van der Waals surface area contributed by atoms with Crippen LogP contribution in [0.3, 0.4) is 0 Å². The Balaban J connectivity index is 1.51. The topological polar surface area (TPSA) is 98.9 Å². The highest BCUT2D eigenvalue weighted by Crippen LogP contribution is 2.43. The highest BCUT2D eigenvalue weighted by atomic mass is 16.3. The summed E-state index contributed by atoms with van der Waals surface area (Å²) in [6.45, 7) is 4.94. The van der Waals surface area contributed by atoms with Crippen molar-refractivity contribution in [2.45, 2.75) is 62.8 Å². The molecule has 0 spiro atoms. The van der Waals surface area contributed by atoms with Crippen LogP contribution in [0.2, 0.25) is 0 Å². The van der Waals surface area contributed by atoms with Gasteiger partial charge in [0.25, 0.3) is 0 Å². The van der Waals surface area contributed by atoms with Crippen molar-refractivity contribution in [3.8, 4) is 0 Å². The summed E-state index contributed by atoms with van der Waals surface area (Å²) < 4.78 is 0. The molecular formula is C17H29N4O3. The van der Waals surface area contributed by atoms with Gasteiger partial charge in [-0.15, -0.1) is 0 Å². The van der Waals surface area contributed by atoms with E-state index in [0.717, 1.165) is 58.3 Å². The third-order valence-corrected chi connectivity index (χ3v) is 5.92. The van der Waals surface area contributed by atoms with Gasteiger partial charge in [-0.2, -0.15) is 0 Å². The summed E-state index contributed by atoms with van der Waals surface area (Å²) in [5.74, 6) is -0.497. The lowest BCUT2D eigenvalue weighted by Gasteiger charge is -2.43. The van der Waals surface area contributed by atoms with Crippen molar-refractivity contribution in [3.63, 3.8) is 0 Å². The van der Waals surface area contributed by atoms with E-state index in [0.29, 0.717) is 6.04 Å². The van der Waals surface area contributed by atoms with E-state index in [1.54, 1.807) is 0 Å². The predicted octanol–water partition coefficient (Wildman–Crippen LogP) is -0.756. The second kappa shape index (κ2) is 6.98. The maximum Gasteiger partial charge on any atom is 0.248 e. The molecule has 135 valence electrons. The van der Waals surface area contributed by atoms with E-state index in [9.17, 15) is 14.7 Å². The quantitative estimate of drug-likeness (QED) is 0.592. The number of carbonyl (C=O) groups excluding carboxylic acids is 2. The number of piperidine rings is 1. The number of nitrogens with zero attached hydrogens (tertiary/aromatic N) is 2. The van der Waals surface area contributed by atoms with E-state index in [1.807, 2.05) is 0 Å². The summed E-state index contributed by atoms with van der Waals surface area (Å²) in [6.07, 6.45) is 5.89. The summed E-state index contributed by atoms with van der Waals surface area (Å²) >= 11 is 0. The Bertz CT molecular complexity index is 494. The van der Waals surface area contributed by atoms with Crippen LogP contribution in [0, 0.1) is 6.42 Å². The Morgan fingerprint density at radius 3 is 2.92 bits per heavy atom. The molecule has 3 aliphatic heterocycles. The van der Waals surface area contributed by atoms with Crippen LogP contribution < -0.4 is 11.1 Å². The zero-order chi connectivity index (χ0) is 17.3. The lowest BCUT2D eigenvalue weighted by atomic mass is 9.87. The molecular weight excluding hydrogens is 308 g/mol. The van der Waals surface area contributed by atoms with Gasteiger partial charge in [-0.25, -0.2) is 0 Å². The van der Waals surface area contributed by atoms with Crippen LogP contribution in [0.5, 0.6) is 0 Å². The first kappa shape index (κ1) is 17.6. The molecule has 24 heavy (non-hydrogen) atoms. The molecule has 3 rings (SSSR count). The number of nitrogens with one attached hydrogen (secondary N) is 1. The molecule has 0 aromatic carbocycles. The first-order chi connectivity index (χ1) is 11.4. The van der Waals surface area contributed by atoms with Crippen LogP contribution in [-0.2, 0) is 9.59 Å². The Morgan fingerprint density at radius 1 is 1.42 bits per heavy atom. The Labute approximate surface area is 143 Å². The van der Waals surface area contributed by atoms with Gasteiger partial charge in [0.2, 0.25) is 11.8 Å². The number of likely N-dealkylation sites (tertiary alicyclic amines) is 1. The number of rotatable bonds is 6. The summed E-state index contributed by atoms with van der Waals surface area (Å²) in [5.41, 5.74) is 5.26. The number of hydrogen-bond donors (Lipinski definition) is 3. The predicted molar refractivity (Wildman–Crippen MR) is 89.9 cm³/mol. The number of primary amides is 1. The Kier molecular flexibility index (Phi) is 5.13. The van der Waals surface area contributed by atoms with E-state index in [-0.39, 0.29) is 17.9 Å². The Morgan fingerprint density at radius 2 is 2.21 bits per heavy atom. The van der Waals surface area contributed by atoms with Crippen LogP contribution in [0.1, 0.15) is 39.0 Å². The van der Waals surface area contributed by atoms with Crippen molar-refractivity contribution in [1.82, 2.24) is 15.1 Å². The number of amides is 2. The standard InChI is InChI=1S/C17H29N4O3/c1-12(22)15(23)19-13-5-8-20(11-13)9-10-21-14-3-2-6-17(21,7-4-14)16(18)24/h2,12-14,22H,3-11H2,1H3,(H2,18,24)(H,19,23)/t12-,13?,14+,17-/m0/s1.